The van der Waals surface area contributed by atoms with Gasteiger partial charge in [0, 0.05) is 6.20 Å². The van der Waals surface area contributed by atoms with Crippen molar-refractivity contribution in [3.05, 3.63) is 64.1 Å². The number of aromatic nitrogens is 2. The summed E-state index contributed by atoms with van der Waals surface area (Å²) in [5.41, 5.74) is 4.59. The number of anilines is 1. The molecule has 2 heterocycles. The largest absolute Gasteiger partial charge is 0.319 e. The van der Waals surface area contributed by atoms with Gasteiger partial charge in [-0.2, -0.15) is 0 Å². The monoisotopic (exact) mass is 313 g/mol. The summed E-state index contributed by atoms with van der Waals surface area (Å²) in [5, 5.41) is 3.45. The van der Waals surface area contributed by atoms with Gasteiger partial charge in [-0.05, 0) is 50.1 Å². The zero-order valence-corrected chi connectivity index (χ0v) is 13.4. The predicted octanol–water partition coefficient (Wildman–Crippen LogP) is 4.17. The first-order valence-electron chi connectivity index (χ1n) is 6.99. The van der Waals surface area contributed by atoms with Crippen LogP contribution in [0.1, 0.15) is 27.3 Å². The smallest absolute Gasteiger partial charge is 0.274 e. The summed E-state index contributed by atoms with van der Waals surface area (Å²) in [6, 6.07) is 9.46. The van der Waals surface area contributed by atoms with Crippen LogP contribution in [-0.2, 0) is 0 Å². The van der Waals surface area contributed by atoms with E-state index in [2.05, 4.69) is 10.3 Å². The molecule has 0 bridgehead atoms. The number of halogens is 1. The summed E-state index contributed by atoms with van der Waals surface area (Å²) in [7, 11) is 0. The Hall–Kier alpha value is -2.33. The van der Waals surface area contributed by atoms with Crippen LogP contribution in [0.15, 0.2) is 36.5 Å². The lowest BCUT2D eigenvalue weighted by atomic mass is 10.1. The molecule has 1 N–H and O–H groups in total. The number of nitrogens with one attached hydrogen (secondary N) is 1. The number of benzene rings is 1. The molecule has 0 spiro atoms. The van der Waals surface area contributed by atoms with Gasteiger partial charge in [-0.3, -0.25) is 9.20 Å². The van der Waals surface area contributed by atoms with Crippen LogP contribution in [-0.4, -0.2) is 15.3 Å². The molecule has 0 fully saturated rings. The first kappa shape index (κ1) is 14.6. The first-order chi connectivity index (χ1) is 10.5. The Morgan fingerprint density at radius 1 is 1.23 bits per heavy atom. The van der Waals surface area contributed by atoms with Gasteiger partial charge in [0.05, 0.1) is 16.4 Å². The van der Waals surface area contributed by atoms with Crippen molar-refractivity contribution in [1.29, 1.82) is 0 Å². The zero-order chi connectivity index (χ0) is 15.9. The van der Waals surface area contributed by atoms with Crippen molar-refractivity contribution in [2.45, 2.75) is 20.8 Å². The van der Waals surface area contributed by atoms with Gasteiger partial charge < -0.3 is 5.32 Å². The number of hydrogen-bond acceptors (Lipinski definition) is 2. The highest BCUT2D eigenvalue weighted by atomic mass is 35.5. The van der Waals surface area contributed by atoms with Crippen molar-refractivity contribution in [3.8, 4) is 0 Å². The molecule has 1 aromatic carbocycles. The van der Waals surface area contributed by atoms with Crippen molar-refractivity contribution in [2.24, 2.45) is 0 Å². The quantitative estimate of drug-likeness (QED) is 0.772. The van der Waals surface area contributed by atoms with Crippen LogP contribution >= 0.6 is 11.6 Å². The Bertz CT molecular complexity index is 860. The molecule has 112 valence electrons. The van der Waals surface area contributed by atoms with Crippen molar-refractivity contribution >= 4 is 28.8 Å². The summed E-state index contributed by atoms with van der Waals surface area (Å²) in [5.74, 6) is -0.218. The lowest BCUT2D eigenvalue weighted by molar-refractivity contribution is 0.102. The number of imidazole rings is 1. The molecule has 0 radical (unpaired) electrons. The SMILES string of the molecule is Cc1cc(C)c(NC(=O)c2c(C)nc3ccccn23)c(Cl)c1. The number of pyridine rings is 1. The number of nitrogens with zero attached hydrogens (tertiary/aromatic N) is 2. The van der Waals surface area contributed by atoms with E-state index in [1.165, 1.54) is 0 Å². The number of hydrogen-bond donors (Lipinski definition) is 1. The van der Waals surface area contributed by atoms with E-state index in [1.807, 2.05) is 57.3 Å². The minimum atomic E-state index is -0.218. The summed E-state index contributed by atoms with van der Waals surface area (Å²) in [6.45, 7) is 5.72. The Morgan fingerprint density at radius 2 is 2.00 bits per heavy atom. The molecule has 0 unspecified atom stereocenters. The van der Waals surface area contributed by atoms with Crippen LogP contribution in [0.2, 0.25) is 5.02 Å². The highest BCUT2D eigenvalue weighted by Gasteiger charge is 2.18. The van der Waals surface area contributed by atoms with Gasteiger partial charge >= 0.3 is 0 Å². The van der Waals surface area contributed by atoms with Gasteiger partial charge in [0.2, 0.25) is 0 Å². The van der Waals surface area contributed by atoms with Gasteiger partial charge in [-0.1, -0.05) is 23.7 Å². The molecule has 2 aromatic heterocycles. The van der Waals surface area contributed by atoms with E-state index < -0.39 is 0 Å². The van der Waals surface area contributed by atoms with E-state index in [1.54, 1.807) is 4.40 Å². The first-order valence-corrected chi connectivity index (χ1v) is 7.37. The molecule has 22 heavy (non-hydrogen) atoms. The van der Waals surface area contributed by atoms with Crippen molar-refractivity contribution in [1.82, 2.24) is 9.38 Å². The second kappa shape index (κ2) is 5.46. The van der Waals surface area contributed by atoms with Crippen LogP contribution in [0.5, 0.6) is 0 Å². The number of fused-ring (bicyclic) bond motifs is 1. The number of aryl methyl sites for hydroxylation is 3. The maximum Gasteiger partial charge on any atom is 0.274 e. The van der Waals surface area contributed by atoms with Crippen LogP contribution in [0.25, 0.3) is 5.65 Å². The third-order valence-corrected chi connectivity index (χ3v) is 3.89. The molecule has 0 aliphatic heterocycles. The van der Waals surface area contributed by atoms with Crippen molar-refractivity contribution in [2.75, 3.05) is 5.32 Å². The molecule has 5 heteroatoms. The Morgan fingerprint density at radius 3 is 2.73 bits per heavy atom. The van der Waals surface area contributed by atoms with Gasteiger partial charge in [0.15, 0.2) is 0 Å². The summed E-state index contributed by atoms with van der Waals surface area (Å²) in [6.07, 6.45) is 1.83. The molecule has 0 aliphatic carbocycles. The maximum absolute atomic E-state index is 12.7. The zero-order valence-electron chi connectivity index (χ0n) is 12.6. The second-order valence-corrected chi connectivity index (χ2v) is 5.77. The van der Waals surface area contributed by atoms with Crippen molar-refractivity contribution < 1.29 is 4.79 Å². The predicted molar refractivity (Wildman–Crippen MR) is 88.8 cm³/mol. The molecule has 1 amide bonds. The highest BCUT2D eigenvalue weighted by molar-refractivity contribution is 6.34. The average Bonchev–Trinajstić information content (AvgIpc) is 2.78. The number of rotatable bonds is 2. The van der Waals surface area contributed by atoms with E-state index in [0.717, 1.165) is 16.8 Å². The van der Waals surface area contributed by atoms with Gasteiger partial charge in [0.1, 0.15) is 11.3 Å². The van der Waals surface area contributed by atoms with Gasteiger partial charge in [-0.25, -0.2) is 4.98 Å². The van der Waals surface area contributed by atoms with E-state index >= 15 is 0 Å². The van der Waals surface area contributed by atoms with E-state index in [0.29, 0.717) is 22.1 Å². The van der Waals surface area contributed by atoms with E-state index in [-0.39, 0.29) is 5.91 Å². The molecule has 4 nitrogen and oxygen atoms in total. The van der Waals surface area contributed by atoms with Crippen LogP contribution in [0.4, 0.5) is 5.69 Å². The van der Waals surface area contributed by atoms with Crippen LogP contribution in [0, 0.1) is 20.8 Å². The minimum Gasteiger partial charge on any atom is -0.319 e. The minimum absolute atomic E-state index is 0.218. The summed E-state index contributed by atoms with van der Waals surface area (Å²) >= 11 is 6.26. The Kier molecular flexibility index (Phi) is 3.62. The topological polar surface area (TPSA) is 46.4 Å². The fourth-order valence-electron chi connectivity index (χ4n) is 2.63. The van der Waals surface area contributed by atoms with Gasteiger partial charge in [-0.15, -0.1) is 0 Å². The Labute approximate surface area is 133 Å². The molecular formula is C17H16ClN3O. The third-order valence-electron chi connectivity index (χ3n) is 3.59. The summed E-state index contributed by atoms with van der Waals surface area (Å²) < 4.78 is 1.78. The lowest BCUT2D eigenvalue weighted by Crippen LogP contribution is -2.16. The molecule has 0 saturated heterocycles. The van der Waals surface area contributed by atoms with E-state index in [4.69, 9.17) is 11.6 Å². The van der Waals surface area contributed by atoms with Crippen LogP contribution < -0.4 is 5.32 Å². The normalized spacial score (nSPS) is 10.9. The number of carbonyl (C=O) groups excluding carboxylic acids is 1. The number of amides is 1. The highest BCUT2D eigenvalue weighted by Crippen LogP contribution is 2.28. The van der Waals surface area contributed by atoms with Gasteiger partial charge in [0.25, 0.3) is 5.91 Å². The Balaban J connectivity index is 2.03. The molecule has 0 atom stereocenters. The molecular weight excluding hydrogens is 298 g/mol. The second-order valence-electron chi connectivity index (χ2n) is 5.37. The standard InChI is InChI=1S/C17H16ClN3O/c1-10-8-11(2)15(13(18)9-10)20-17(22)16-12(3)19-14-6-4-5-7-21(14)16/h4-9H,1-3H3,(H,20,22). The molecule has 3 aromatic rings. The average molecular weight is 314 g/mol. The van der Waals surface area contributed by atoms with Crippen LogP contribution in [0.3, 0.4) is 0 Å². The fourth-order valence-corrected chi connectivity index (χ4v) is 3.00. The van der Waals surface area contributed by atoms with Crippen molar-refractivity contribution in [3.63, 3.8) is 0 Å². The number of carbonyl (C=O) groups is 1. The maximum atomic E-state index is 12.7. The third kappa shape index (κ3) is 2.46. The fraction of sp³-hybridized carbons (Fsp3) is 0.176. The van der Waals surface area contributed by atoms with E-state index in [9.17, 15) is 4.79 Å². The summed E-state index contributed by atoms with van der Waals surface area (Å²) in [4.78, 5) is 17.1. The molecule has 0 aliphatic rings. The molecule has 3 rings (SSSR count). The molecule has 0 saturated carbocycles. The lowest BCUT2D eigenvalue weighted by Gasteiger charge is -2.12.